The summed E-state index contributed by atoms with van der Waals surface area (Å²) >= 11 is 7.48. The Labute approximate surface area is 207 Å². The highest BCUT2D eigenvalue weighted by atomic mass is 35.5. The quantitative estimate of drug-likeness (QED) is 0.396. The molecular weight excluding hydrogens is 507 g/mol. The molecule has 0 aliphatic heterocycles. The van der Waals surface area contributed by atoms with Gasteiger partial charge >= 0.3 is 0 Å². The number of nitrogens with zero attached hydrogens (tertiary/aromatic N) is 2. The van der Waals surface area contributed by atoms with Crippen LogP contribution in [0.3, 0.4) is 0 Å². The summed E-state index contributed by atoms with van der Waals surface area (Å²) < 4.78 is 42.2. The van der Waals surface area contributed by atoms with Crippen molar-refractivity contribution in [3.05, 3.63) is 34.5 Å². The molecule has 4 N–H and O–H groups in total. The molecule has 0 spiro atoms. The smallest absolute Gasteiger partial charge is 0.290 e. The molecule has 9 nitrogen and oxygen atoms in total. The molecule has 1 heterocycles. The number of halogens is 2. The van der Waals surface area contributed by atoms with E-state index in [9.17, 15) is 17.9 Å². The largest absolute Gasteiger partial charge is 0.483 e. The lowest BCUT2D eigenvalue weighted by Crippen LogP contribution is -2.55. The van der Waals surface area contributed by atoms with Gasteiger partial charge in [-0.2, -0.15) is 0 Å². The van der Waals surface area contributed by atoms with E-state index in [0.717, 1.165) is 62.0 Å². The predicted octanol–water partition coefficient (Wildman–Crippen LogP) is 3.62. The second-order valence-electron chi connectivity index (χ2n) is 8.36. The van der Waals surface area contributed by atoms with Gasteiger partial charge in [-0.15, -0.1) is 11.3 Å². The number of aliphatic hydroxyl groups excluding tert-OH is 1. The first-order valence-corrected chi connectivity index (χ1v) is 13.6. The van der Waals surface area contributed by atoms with Crippen LogP contribution in [0, 0.1) is 5.82 Å². The van der Waals surface area contributed by atoms with Crippen molar-refractivity contribution in [2.45, 2.75) is 67.6 Å². The Hall–Kier alpha value is -1.99. The molecule has 2 aliphatic rings. The van der Waals surface area contributed by atoms with E-state index < -0.39 is 20.7 Å². The summed E-state index contributed by atoms with van der Waals surface area (Å²) in [7, 11) is -2.07. The van der Waals surface area contributed by atoms with Crippen molar-refractivity contribution in [3.8, 4) is 0 Å². The van der Waals surface area contributed by atoms with Gasteiger partial charge in [0.05, 0.1) is 16.8 Å². The van der Waals surface area contributed by atoms with Gasteiger partial charge in [-0.05, 0) is 44.9 Å². The van der Waals surface area contributed by atoms with Crippen molar-refractivity contribution in [1.82, 2.24) is 9.88 Å². The van der Waals surface area contributed by atoms with Crippen LogP contribution in [-0.2, 0) is 14.8 Å². The molecule has 0 bridgehead atoms. The molecule has 188 valence electrons. The Morgan fingerprint density at radius 1 is 1.29 bits per heavy atom. The highest BCUT2D eigenvalue weighted by Gasteiger charge is 2.37. The fourth-order valence-corrected chi connectivity index (χ4v) is 6.58. The summed E-state index contributed by atoms with van der Waals surface area (Å²) in [5, 5.41) is 21.8. The topological polar surface area (TPSA) is 132 Å². The lowest BCUT2D eigenvalue weighted by Gasteiger charge is -2.47. The number of aromatic nitrogens is 1. The van der Waals surface area contributed by atoms with Gasteiger partial charge in [0.15, 0.2) is 5.13 Å². The molecule has 13 heteroatoms. The van der Waals surface area contributed by atoms with Gasteiger partial charge in [0.25, 0.3) is 16.5 Å². The van der Waals surface area contributed by atoms with Gasteiger partial charge in [0.2, 0.25) is 0 Å². The summed E-state index contributed by atoms with van der Waals surface area (Å²) in [6, 6.07) is 2.93. The van der Waals surface area contributed by atoms with Crippen LogP contribution < -0.4 is 10.0 Å². The number of aliphatic hydroxyl groups is 1. The number of benzene rings is 1. The van der Waals surface area contributed by atoms with Crippen molar-refractivity contribution < 1.29 is 27.8 Å². The van der Waals surface area contributed by atoms with Crippen LogP contribution in [0.1, 0.15) is 38.5 Å². The van der Waals surface area contributed by atoms with E-state index in [0.29, 0.717) is 11.7 Å². The number of likely N-dealkylation sites (N-methyl/N-ethyl adjacent to an activating group) is 1. The third kappa shape index (κ3) is 6.36. The fraction of sp³-hybridized carbons (Fsp3) is 0.524. The molecule has 2 atom stereocenters. The molecule has 0 amide bonds. The van der Waals surface area contributed by atoms with Crippen molar-refractivity contribution in [2.75, 3.05) is 17.1 Å². The van der Waals surface area contributed by atoms with Crippen LogP contribution in [0.5, 0.6) is 0 Å². The van der Waals surface area contributed by atoms with E-state index in [1.165, 1.54) is 6.20 Å². The maximum Gasteiger partial charge on any atom is 0.290 e. The molecule has 0 saturated heterocycles. The van der Waals surface area contributed by atoms with Crippen molar-refractivity contribution in [3.63, 3.8) is 0 Å². The SMILES string of the molecule is CN([C@H]1C[C@H](O)C1)[C@H]1CCCC[C@@H]1Nc1cc(F)c(S(=O)(=O)Nc2nccs2)cc1Cl.O=CO. The lowest BCUT2D eigenvalue weighted by atomic mass is 9.83. The monoisotopic (exact) mass is 534 g/mol. The highest BCUT2D eigenvalue weighted by Crippen LogP contribution is 2.35. The average molecular weight is 535 g/mol. The first kappa shape index (κ1) is 26.6. The van der Waals surface area contributed by atoms with Gasteiger partial charge in [-0.3, -0.25) is 14.4 Å². The second kappa shape index (κ2) is 11.6. The number of carbonyl (C=O) groups is 1. The van der Waals surface area contributed by atoms with Gasteiger partial charge < -0.3 is 15.5 Å². The molecule has 1 aromatic carbocycles. The molecule has 4 rings (SSSR count). The van der Waals surface area contributed by atoms with E-state index >= 15 is 0 Å². The van der Waals surface area contributed by atoms with E-state index in [-0.39, 0.29) is 34.8 Å². The van der Waals surface area contributed by atoms with E-state index in [1.807, 2.05) is 0 Å². The number of rotatable bonds is 7. The molecule has 2 aliphatic carbocycles. The average Bonchev–Trinajstić information content (AvgIpc) is 3.26. The number of nitrogens with one attached hydrogen (secondary N) is 2. The summed E-state index contributed by atoms with van der Waals surface area (Å²) in [5.74, 6) is -0.876. The van der Waals surface area contributed by atoms with Crippen LogP contribution in [-0.4, -0.2) is 66.3 Å². The Morgan fingerprint density at radius 3 is 2.59 bits per heavy atom. The van der Waals surface area contributed by atoms with Crippen LogP contribution in [0.4, 0.5) is 15.2 Å². The fourth-order valence-electron chi connectivity index (χ4n) is 4.42. The Bertz CT molecular complexity index is 1070. The number of sulfonamides is 1. The maximum atomic E-state index is 14.8. The molecule has 1 aromatic heterocycles. The van der Waals surface area contributed by atoms with E-state index in [2.05, 4.69) is 27.0 Å². The zero-order chi connectivity index (χ0) is 24.9. The highest BCUT2D eigenvalue weighted by molar-refractivity contribution is 7.93. The number of hydrogen-bond donors (Lipinski definition) is 4. The molecule has 0 unspecified atom stereocenters. The molecular formula is C21H28ClFN4O5S2. The Morgan fingerprint density at radius 2 is 1.97 bits per heavy atom. The number of carboxylic acid groups (broad SMARTS) is 1. The Balaban J connectivity index is 0.00000103. The molecule has 2 saturated carbocycles. The number of anilines is 2. The van der Waals surface area contributed by atoms with Crippen molar-refractivity contribution in [2.24, 2.45) is 0 Å². The second-order valence-corrected chi connectivity index (χ2v) is 11.3. The molecule has 2 fully saturated rings. The van der Waals surface area contributed by atoms with E-state index in [4.69, 9.17) is 21.5 Å². The van der Waals surface area contributed by atoms with E-state index in [1.54, 1.807) is 5.38 Å². The van der Waals surface area contributed by atoms with Crippen LogP contribution >= 0.6 is 22.9 Å². The van der Waals surface area contributed by atoms with Crippen molar-refractivity contribution in [1.29, 1.82) is 0 Å². The maximum absolute atomic E-state index is 14.8. The van der Waals surface area contributed by atoms with Gasteiger partial charge in [0.1, 0.15) is 10.7 Å². The summed E-state index contributed by atoms with van der Waals surface area (Å²) in [5.41, 5.74) is 0.381. The predicted molar refractivity (Wildman–Crippen MR) is 129 cm³/mol. The Kier molecular flexibility index (Phi) is 9.10. The minimum absolute atomic E-state index is 0.0595. The van der Waals surface area contributed by atoms with Crippen LogP contribution in [0.2, 0.25) is 5.02 Å². The third-order valence-corrected chi connectivity index (χ3v) is 8.71. The molecule has 34 heavy (non-hydrogen) atoms. The summed E-state index contributed by atoms with van der Waals surface area (Å²) in [6.07, 6.45) is 6.86. The zero-order valence-electron chi connectivity index (χ0n) is 18.5. The van der Waals surface area contributed by atoms with Crippen LogP contribution in [0.15, 0.2) is 28.6 Å². The van der Waals surface area contributed by atoms with Crippen LogP contribution in [0.25, 0.3) is 0 Å². The van der Waals surface area contributed by atoms with Gasteiger partial charge in [0, 0.05) is 29.7 Å². The first-order valence-electron chi connectivity index (χ1n) is 10.8. The van der Waals surface area contributed by atoms with Gasteiger partial charge in [-0.1, -0.05) is 24.4 Å². The van der Waals surface area contributed by atoms with Crippen molar-refractivity contribution >= 4 is 50.3 Å². The minimum Gasteiger partial charge on any atom is -0.483 e. The zero-order valence-corrected chi connectivity index (χ0v) is 20.9. The first-order chi connectivity index (χ1) is 16.2. The summed E-state index contributed by atoms with van der Waals surface area (Å²) in [4.78, 5) is 14.0. The molecule has 0 radical (unpaired) electrons. The normalized spacial score (nSPS) is 24.5. The van der Waals surface area contributed by atoms with Gasteiger partial charge in [-0.25, -0.2) is 17.8 Å². The standard InChI is InChI=1S/C20H26ClFN4O3S2.CH2O2/c1-26(12-8-13(27)9-12)18-5-3-2-4-16(18)24-17-11-15(22)19(10-14(17)21)31(28,29)25-20-23-6-7-30-20;2-1-3/h6-7,10-13,16,18,24,27H,2-5,8-9H2,1H3,(H,23,25);1H,(H,2,3)/t12-,13-,16-,18-;/m0./s1. The number of thiazole rings is 1. The third-order valence-electron chi connectivity index (χ3n) is 6.22. The minimum atomic E-state index is -4.14. The lowest BCUT2D eigenvalue weighted by molar-refractivity contribution is -0.122. The summed E-state index contributed by atoms with van der Waals surface area (Å²) in [6.45, 7) is -0.250. The molecule has 2 aromatic rings. The number of hydrogen-bond acceptors (Lipinski definition) is 8.